The first-order valence-corrected chi connectivity index (χ1v) is 12.1. The molecule has 1 aromatic heterocycles. The second kappa shape index (κ2) is 7.46. The van der Waals surface area contributed by atoms with Crippen LogP contribution in [0.2, 0.25) is 0 Å². The van der Waals surface area contributed by atoms with Gasteiger partial charge in [0.2, 0.25) is 10.0 Å². The number of ether oxygens (including phenoxy) is 1. The molecule has 0 saturated carbocycles. The number of esters is 1. The third-order valence-corrected chi connectivity index (χ3v) is 7.61. The highest BCUT2D eigenvalue weighted by molar-refractivity contribution is 7.92. The lowest BCUT2D eigenvalue weighted by Crippen LogP contribution is -2.38. The molecule has 1 atom stereocenters. The van der Waals surface area contributed by atoms with Gasteiger partial charge in [0.05, 0.1) is 17.5 Å². The van der Waals surface area contributed by atoms with E-state index in [0.29, 0.717) is 30.8 Å². The van der Waals surface area contributed by atoms with E-state index < -0.39 is 16.0 Å². The molecule has 0 aliphatic carbocycles. The van der Waals surface area contributed by atoms with Crippen LogP contribution in [-0.4, -0.2) is 50.6 Å². The Bertz CT molecular complexity index is 1080. The van der Waals surface area contributed by atoms with Crippen molar-refractivity contribution in [3.63, 3.8) is 0 Å². The van der Waals surface area contributed by atoms with Crippen molar-refractivity contribution in [1.82, 2.24) is 4.90 Å². The van der Waals surface area contributed by atoms with Crippen molar-refractivity contribution in [2.75, 3.05) is 23.7 Å². The zero-order valence-electron chi connectivity index (χ0n) is 16.3. The largest absolute Gasteiger partial charge is 0.452 e. The van der Waals surface area contributed by atoms with Crippen LogP contribution in [0.15, 0.2) is 29.6 Å². The molecule has 2 aliphatic rings. The van der Waals surface area contributed by atoms with E-state index in [-0.39, 0.29) is 18.6 Å². The maximum atomic E-state index is 12.4. The Morgan fingerprint density at radius 1 is 1.24 bits per heavy atom. The quantitative estimate of drug-likeness (QED) is 0.689. The van der Waals surface area contributed by atoms with E-state index in [1.165, 1.54) is 15.4 Å². The number of hydrogen-bond acceptors (Lipinski definition) is 6. The van der Waals surface area contributed by atoms with Crippen molar-refractivity contribution in [3.05, 3.63) is 51.2 Å². The van der Waals surface area contributed by atoms with Crippen LogP contribution in [0.1, 0.15) is 33.3 Å². The van der Waals surface area contributed by atoms with Crippen LogP contribution in [0.5, 0.6) is 0 Å². The molecule has 4 rings (SSSR count). The average Bonchev–Trinajstić information content (AvgIpc) is 3.26. The number of anilines is 1. The van der Waals surface area contributed by atoms with Crippen LogP contribution >= 0.6 is 11.3 Å². The maximum absolute atomic E-state index is 12.4. The SMILES string of the molecule is CC1Cc2cc(C(=O)OCC(=O)N3CCc4sccc4C3)ccc2N1S(C)(=O)=O. The van der Waals surface area contributed by atoms with Crippen molar-refractivity contribution < 1.29 is 22.7 Å². The minimum atomic E-state index is -3.38. The van der Waals surface area contributed by atoms with Crippen molar-refractivity contribution >= 4 is 38.9 Å². The van der Waals surface area contributed by atoms with Gasteiger partial charge < -0.3 is 9.64 Å². The highest BCUT2D eigenvalue weighted by Crippen LogP contribution is 2.34. The molecule has 0 radical (unpaired) electrons. The van der Waals surface area contributed by atoms with E-state index >= 15 is 0 Å². The van der Waals surface area contributed by atoms with Crippen LogP contribution in [0, 0.1) is 0 Å². The van der Waals surface area contributed by atoms with Crippen LogP contribution in [0.25, 0.3) is 0 Å². The Balaban J connectivity index is 1.40. The molecule has 1 aromatic carbocycles. The Hall–Kier alpha value is -2.39. The highest BCUT2D eigenvalue weighted by atomic mass is 32.2. The summed E-state index contributed by atoms with van der Waals surface area (Å²) in [6, 6.07) is 6.65. The van der Waals surface area contributed by atoms with Crippen LogP contribution in [-0.2, 0) is 38.9 Å². The molecule has 29 heavy (non-hydrogen) atoms. The van der Waals surface area contributed by atoms with Crippen LogP contribution < -0.4 is 4.31 Å². The fourth-order valence-corrected chi connectivity index (χ4v) is 6.15. The number of carbonyl (C=O) groups excluding carboxylic acids is 2. The lowest BCUT2D eigenvalue weighted by molar-refractivity contribution is -0.135. The van der Waals surface area contributed by atoms with Gasteiger partial charge in [-0.2, -0.15) is 0 Å². The van der Waals surface area contributed by atoms with Gasteiger partial charge in [-0.3, -0.25) is 9.10 Å². The molecule has 2 aliphatic heterocycles. The van der Waals surface area contributed by atoms with Gasteiger partial charge in [-0.1, -0.05) is 0 Å². The third-order valence-electron chi connectivity index (χ3n) is 5.31. The van der Waals surface area contributed by atoms with E-state index in [1.807, 2.05) is 18.4 Å². The van der Waals surface area contributed by atoms with Gasteiger partial charge in [0.1, 0.15) is 0 Å². The number of nitrogens with zero attached hydrogens (tertiary/aromatic N) is 2. The topological polar surface area (TPSA) is 84.0 Å². The fourth-order valence-electron chi connectivity index (χ4n) is 4.00. The van der Waals surface area contributed by atoms with Crippen molar-refractivity contribution in [2.24, 2.45) is 0 Å². The number of rotatable bonds is 4. The predicted octanol–water partition coefficient (Wildman–Crippen LogP) is 2.20. The number of thiophene rings is 1. The van der Waals surface area contributed by atoms with E-state index in [0.717, 1.165) is 17.5 Å². The van der Waals surface area contributed by atoms with Crippen molar-refractivity contribution in [2.45, 2.75) is 32.4 Å². The monoisotopic (exact) mass is 434 g/mol. The normalized spacial score (nSPS) is 18.3. The average molecular weight is 435 g/mol. The molecule has 0 fully saturated rings. The predicted molar refractivity (Wildman–Crippen MR) is 111 cm³/mol. The maximum Gasteiger partial charge on any atom is 0.338 e. The summed E-state index contributed by atoms with van der Waals surface area (Å²) in [7, 11) is -3.38. The third kappa shape index (κ3) is 3.89. The molecule has 1 amide bonds. The summed E-state index contributed by atoms with van der Waals surface area (Å²) < 4.78 is 30.6. The van der Waals surface area contributed by atoms with Gasteiger partial charge in [-0.25, -0.2) is 13.2 Å². The number of amides is 1. The number of fused-ring (bicyclic) bond motifs is 2. The second-order valence-electron chi connectivity index (χ2n) is 7.47. The van der Waals surface area contributed by atoms with Gasteiger partial charge in [0.25, 0.3) is 5.91 Å². The van der Waals surface area contributed by atoms with E-state index in [9.17, 15) is 18.0 Å². The summed E-state index contributed by atoms with van der Waals surface area (Å²) in [4.78, 5) is 27.9. The molecule has 1 unspecified atom stereocenters. The minimum Gasteiger partial charge on any atom is -0.452 e. The molecule has 7 nitrogen and oxygen atoms in total. The molecule has 9 heteroatoms. The number of hydrogen-bond donors (Lipinski definition) is 0. The summed E-state index contributed by atoms with van der Waals surface area (Å²) in [6.07, 6.45) is 2.53. The molecule has 0 N–H and O–H groups in total. The molecule has 0 saturated heterocycles. The van der Waals surface area contributed by atoms with Crippen molar-refractivity contribution in [1.29, 1.82) is 0 Å². The Morgan fingerprint density at radius 2 is 2.03 bits per heavy atom. The highest BCUT2D eigenvalue weighted by Gasteiger charge is 2.33. The van der Waals surface area contributed by atoms with Gasteiger partial charge in [-0.05, 0) is 60.5 Å². The standard InChI is InChI=1S/C20H22N2O5S2/c1-13-9-16-10-14(3-4-17(16)22(13)29(2,25)26)20(24)27-12-19(23)21-7-5-18-15(11-21)6-8-28-18/h3-4,6,8,10,13H,5,7,9,11-12H2,1-2H3. The number of carbonyl (C=O) groups is 2. The van der Waals surface area contributed by atoms with Gasteiger partial charge in [0.15, 0.2) is 6.61 Å². The fraction of sp³-hybridized carbons (Fsp3) is 0.400. The summed E-state index contributed by atoms with van der Waals surface area (Å²) in [5.41, 5.74) is 2.85. The Labute approximate surface area is 173 Å². The number of sulfonamides is 1. The molecule has 0 bridgehead atoms. The molecule has 0 spiro atoms. The molecule has 154 valence electrons. The Morgan fingerprint density at radius 3 is 2.79 bits per heavy atom. The second-order valence-corrected chi connectivity index (χ2v) is 10.3. The first kappa shape index (κ1) is 19.9. The first-order valence-electron chi connectivity index (χ1n) is 9.36. The van der Waals surface area contributed by atoms with Gasteiger partial charge in [0, 0.05) is 24.0 Å². The van der Waals surface area contributed by atoms with E-state index in [4.69, 9.17) is 4.74 Å². The molecular weight excluding hydrogens is 412 g/mol. The summed E-state index contributed by atoms with van der Waals surface area (Å²) in [5, 5.41) is 2.03. The Kier molecular flexibility index (Phi) is 5.12. The van der Waals surface area contributed by atoms with E-state index in [1.54, 1.807) is 34.4 Å². The first-order chi connectivity index (χ1) is 13.7. The van der Waals surface area contributed by atoms with E-state index in [2.05, 4.69) is 0 Å². The zero-order chi connectivity index (χ0) is 20.8. The van der Waals surface area contributed by atoms with Crippen LogP contribution in [0.4, 0.5) is 5.69 Å². The smallest absolute Gasteiger partial charge is 0.338 e. The molecular formula is C20H22N2O5S2. The lowest BCUT2D eigenvalue weighted by atomic mass is 10.1. The lowest BCUT2D eigenvalue weighted by Gasteiger charge is -2.26. The zero-order valence-corrected chi connectivity index (χ0v) is 17.9. The summed E-state index contributed by atoms with van der Waals surface area (Å²) in [5.74, 6) is -0.798. The van der Waals surface area contributed by atoms with Crippen molar-refractivity contribution in [3.8, 4) is 0 Å². The van der Waals surface area contributed by atoms with Gasteiger partial charge in [-0.15, -0.1) is 11.3 Å². The summed E-state index contributed by atoms with van der Waals surface area (Å²) >= 11 is 1.70. The summed E-state index contributed by atoms with van der Waals surface area (Å²) in [6.45, 7) is 2.70. The molecule has 2 aromatic rings. The minimum absolute atomic E-state index is 0.200. The molecule has 3 heterocycles. The van der Waals surface area contributed by atoms with Crippen LogP contribution in [0.3, 0.4) is 0 Å². The van der Waals surface area contributed by atoms with Gasteiger partial charge >= 0.3 is 5.97 Å². The number of benzene rings is 1.